The van der Waals surface area contributed by atoms with Crippen molar-refractivity contribution in [3.63, 3.8) is 0 Å². The Morgan fingerprint density at radius 2 is 1.90 bits per heavy atom. The van der Waals surface area contributed by atoms with Gasteiger partial charge in [0, 0.05) is 18.4 Å². The highest BCUT2D eigenvalue weighted by Crippen LogP contribution is 2.24. The molecule has 0 aromatic heterocycles. The smallest absolute Gasteiger partial charge is 0.253 e. The molecule has 1 fully saturated rings. The van der Waals surface area contributed by atoms with Gasteiger partial charge < -0.3 is 14.8 Å². The quantitative estimate of drug-likeness (QED) is 0.932. The minimum absolute atomic E-state index is 0.0932. The van der Waals surface area contributed by atoms with E-state index in [2.05, 4.69) is 5.32 Å². The molecule has 4 nitrogen and oxygen atoms in total. The predicted molar refractivity (Wildman–Crippen MR) is 80.6 cm³/mol. The highest BCUT2D eigenvalue weighted by Gasteiger charge is 2.23. The SMILES string of the molecule is O=C(Nc1cccc(Oc2ccccc2)c1)[C@@H]1CCCO1. The van der Waals surface area contributed by atoms with Gasteiger partial charge in [0.25, 0.3) is 5.91 Å². The van der Waals surface area contributed by atoms with Crippen molar-refractivity contribution in [1.29, 1.82) is 0 Å². The summed E-state index contributed by atoms with van der Waals surface area (Å²) in [6.45, 7) is 0.662. The van der Waals surface area contributed by atoms with Crippen molar-refractivity contribution in [2.75, 3.05) is 11.9 Å². The van der Waals surface area contributed by atoms with Gasteiger partial charge in [0.05, 0.1) is 0 Å². The van der Waals surface area contributed by atoms with E-state index in [9.17, 15) is 4.79 Å². The Kier molecular flexibility index (Phi) is 4.17. The van der Waals surface area contributed by atoms with Crippen LogP contribution in [0.15, 0.2) is 54.6 Å². The standard InChI is InChI=1S/C17H17NO3/c19-17(16-10-5-11-20-16)18-13-6-4-9-15(12-13)21-14-7-2-1-3-8-14/h1-4,6-9,12,16H,5,10-11H2,(H,18,19)/t16-/m0/s1. The summed E-state index contributed by atoms with van der Waals surface area (Å²) in [5.41, 5.74) is 0.712. The Bertz CT molecular complexity index is 606. The van der Waals surface area contributed by atoms with E-state index in [4.69, 9.17) is 9.47 Å². The van der Waals surface area contributed by atoms with Gasteiger partial charge in [-0.05, 0) is 37.1 Å². The van der Waals surface area contributed by atoms with Gasteiger partial charge in [0.1, 0.15) is 17.6 Å². The second kappa shape index (κ2) is 6.41. The van der Waals surface area contributed by atoms with Gasteiger partial charge in [-0.15, -0.1) is 0 Å². The molecule has 0 aliphatic carbocycles. The van der Waals surface area contributed by atoms with Gasteiger partial charge in [-0.25, -0.2) is 0 Å². The van der Waals surface area contributed by atoms with Crippen LogP contribution in [0, 0.1) is 0 Å². The summed E-state index contributed by atoms with van der Waals surface area (Å²) in [7, 11) is 0. The van der Waals surface area contributed by atoms with Gasteiger partial charge in [-0.2, -0.15) is 0 Å². The Hall–Kier alpha value is -2.33. The molecule has 2 aromatic rings. The van der Waals surface area contributed by atoms with E-state index in [1.807, 2.05) is 48.5 Å². The number of ether oxygens (including phenoxy) is 2. The van der Waals surface area contributed by atoms with Crippen molar-refractivity contribution in [2.24, 2.45) is 0 Å². The maximum atomic E-state index is 12.0. The molecule has 0 unspecified atom stereocenters. The van der Waals surface area contributed by atoms with Crippen molar-refractivity contribution in [3.8, 4) is 11.5 Å². The number of nitrogens with one attached hydrogen (secondary N) is 1. The first-order valence-corrected chi connectivity index (χ1v) is 7.07. The van der Waals surface area contributed by atoms with Crippen molar-refractivity contribution >= 4 is 11.6 Å². The maximum Gasteiger partial charge on any atom is 0.253 e. The molecule has 21 heavy (non-hydrogen) atoms. The molecule has 0 saturated carbocycles. The lowest BCUT2D eigenvalue weighted by Crippen LogP contribution is -2.26. The van der Waals surface area contributed by atoms with Crippen LogP contribution in [0.1, 0.15) is 12.8 Å². The summed E-state index contributed by atoms with van der Waals surface area (Å²) in [6.07, 6.45) is 1.39. The molecule has 1 heterocycles. The minimum Gasteiger partial charge on any atom is -0.457 e. The molecular formula is C17H17NO3. The molecule has 1 aliphatic heterocycles. The van der Waals surface area contributed by atoms with Gasteiger partial charge in [0.2, 0.25) is 0 Å². The molecular weight excluding hydrogens is 266 g/mol. The number of amides is 1. The molecule has 0 spiro atoms. The number of carbonyl (C=O) groups excluding carboxylic acids is 1. The first-order valence-electron chi connectivity index (χ1n) is 7.07. The topological polar surface area (TPSA) is 47.6 Å². The molecule has 2 aromatic carbocycles. The number of rotatable bonds is 4. The third-order valence-corrected chi connectivity index (χ3v) is 3.30. The third kappa shape index (κ3) is 3.61. The maximum absolute atomic E-state index is 12.0. The van der Waals surface area contributed by atoms with E-state index in [1.54, 1.807) is 6.07 Å². The van der Waals surface area contributed by atoms with Crippen LogP contribution in [0.5, 0.6) is 11.5 Å². The van der Waals surface area contributed by atoms with Gasteiger partial charge in [0.15, 0.2) is 0 Å². The highest BCUT2D eigenvalue weighted by atomic mass is 16.5. The van der Waals surface area contributed by atoms with Crippen LogP contribution in [-0.2, 0) is 9.53 Å². The van der Waals surface area contributed by atoms with Crippen LogP contribution in [0.3, 0.4) is 0 Å². The van der Waals surface area contributed by atoms with Crippen LogP contribution in [0.4, 0.5) is 5.69 Å². The molecule has 1 aliphatic rings. The van der Waals surface area contributed by atoms with E-state index in [0.717, 1.165) is 18.6 Å². The number of carbonyl (C=O) groups is 1. The Labute approximate surface area is 123 Å². The zero-order chi connectivity index (χ0) is 14.5. The van der Waals surface area contributed by atoms with Crippen molar-refractivity contribution < 1.29 is 14.3 Å². The average molecular weight is 283 g/mol. The number of anilines is 1. The lowest BCUT2D eigenvalue weighted by atomic mass is 10.2. The van der Waals surface area contributed by atoms with E-state index < -0.39 is 0 Å². The molecule has 1 saturated heterocycles. The first-order chi connectivity index (χ1) is 10.3. The summed E-state index contributed by atoms with van der Waals surface area (Å²) in [5.74, 6) is 1.36. The van der Waals surface area contributed by atoms with E-state index >= 15 is 0 Å². The zero-order valence-electron chi connectivity index (χ0n) is 11.6. The number of hydrogen-bond donors (Lipinski definition) is 1. The fourth-order valence-corrected chi connectivity index (χ4v) is 2.27. The van der Waals surface area contributed by atoms with Gasteiger partial charge in [-0.3, -0.25) is 4.79 Å². The molecule has 3 rings (SSSR count). The second-order valence-electron chi connectivity index (χ2n) is 4.93. The largest absolute Gasteiger partial charge is 0.457 e. The van der Waals surface area contributed by atoms with E-state index in [-0.39, 0.29) is 12.0 Å². The molecule has 1 N–H and O–H groups in total. The Morgan fingerprint density at radius 3 is 2.67 bits per heavy atom. The molecule has 0 bridgehead atoms. The first kappa shape index (κ1) is 13.6. The van der Waals surface area contributed by atoms with Crippen LogP contribution in [0.25, 0.3) is 0 Å². The minimum atomic E-state index is -0.330. The Balaban J connectivity index is 1.66. The highest BCUT2D eigenvalue weighted by molar-refractivity contribution is 5.94. The average Bonchev–Trinajstić information content (AvgIpc) is 3.03. The lowest BCUT2D eigenvalue weighted by molar-refractivity contribution is -0.124. The second-order valence-corrected chi connectivity index (χ2v) is 4.93. The number of hydrogen-bond acceptors (Lipinski definition) is 3. The van der Waals surface area contributed by atoms with Crippen molar-refractivity contribution in [2.45, 2.75) is 18.9 Å². The Morgan fingerprint density at radius 1 is 1.10 bits per heavy atom. The number of benzene rings is 2. The summed E-state index contributed by atoms with van der Waals surface area (Å²) < 4.78 is 11.1. The summed E-state index contributed by atoms with van der Waals surface area (Å²) in [4.78, 5) is 12.0. The zero-order valence-corrected chi connectivity index (χ0v) is 11.6. The third-order valence-electron chi connectivity index (χ3n) is 3.30. The number of para-hydroxylation sites is 1. The van der Waals surface area contributed by atoms with Crippen LogP contribution in [0.2, 0.25) is 0 Å². The van der Waals surface area contributed by atoms with Crippen molar-refractivity contribution in [1.82, 2.24) is 0 Å². The summed E-state index contributed by atoms with van der Waals surface area (Å²) in [5, 5.41) is 2.87. The van der Waals surface area contributed by atoms with Crippen LogP contribution < -0.4 is 10.1 Å². The molecule has 0 radical (unpaired) electrons. The van der Waals surface area contributed by atoms with Gasteiger partial charge in [-0.1, -0.05) is 24.3 Å². The molecule has 1 amide bonds. The molecule has 1 atom stereocenters. The van der Waals surface area contributed by atoms with E-state index in [1.165, 1.54) is 0 Å². The van der Waals surface area contributed by atoms with Gasteiger partial charge >= 0.3 is 0 Å². The molecule has 108 valence electrons. The molecule has 4 heteroatoms. The fraction of sp³-hybridized carbons (Fsp3) is 0.235. The van der Waals surface area contributed by atoms with Crippen LogP contribution >= 0.6 is 0 Å². The summed E-state index contributed by atoms with van der Waals surface area (Å²) in [6, 6.07) is 16.9. The normalized spacial score (nSPS) is 17.4. The summed E-state index contributed by atoms with van der Waals surface area (Å²) >= 11 is 0. The monoisotopic (exact) mass is 283 g/mol. The van der Waals surface area contributed by atoms with E-state index in [0.29, 0.717) is 18.0 Å². The van der Waals surface area contributed by atoms with Crippen LogP contribution in [-0.4, -0.2) is 18.6 Å². The lowest BCUT2D eigenvalue weighted by Gasteiger charge is -2.11. The fourth-order valence-electron chi connectivity index (χ4n) is 2.27. The van der Waals surface area contributed by atoms with Crippen molar-refractivity contribution in [3.05, 3.63) is 54.6 Å². The predicted octanol–water partition coefficient (Wildman–Crippen LogP) is 3.60.